The first-order valence-corrected chi connectivity index (χ1v) is 11.2. The van der Waals surface area contributed by atoms with E-state index in [1.165, 1.54) is 11.9 Å². The first kappa shape index (κ1) is 20.5. The monoisotopic (exact) mass is 429 g/mol. The van der Waals surface area contributed by atoms with Crippen molar-refractivity contribution in [3.63, 3.8) is 0 Å². The minimum atomic E-state index is 0.0538. The Morgan fingerprint density at radius 3 is 3.00 bits per heavy atom. The molecule has 2 atom stereocenters. The quantitative estimate of drug-likeness (QED) is 0.567. The van der Waals surface area contributed by atoms with Gasteiger partial charge in [0.15, 0.2) is 5.82 Å². The number of aromatic nitrogens is 4. The van der Waals surface area contributed by atoms with E-state index in [2.05, 4.69) is 53.7 Å². The number of carbonyl (C=O) groups excluding carboxylic acids is 1. The summed E-state index contributed by atoms with van der Waals surface area (Å²) in [5.41, 5.74) is 4.07. The van der Waals surface area contributed by atoms with E-state index in [-0.39, 0.29) is 11.8 Å². The summed E-state index contributed by atoms with van der Waals surface area (Å²) >= 11 is 0. The third-order valence-corrected chi connectivity index (χ3v) is 6.03. The fraction of sp³-hybridized carbons (Fsp3) is 0.375. The number of hydrogen-bond donors (Lipinski definition) is 2. The number of carbonyl (C=O) groups is 1. The number of rotatable bonds is 0. The highest BCUT2D eigenvalue weighted by molar-refractivity contribution is 5.78. The van der Waals surface area contributed by atoms with E-state index in [4.69, 9.17) is 0 Å². The van der Waals surface area contributed by atoms with Gasteiger partial charge in [0.05, 0.1) is 5.92 Å². The van der Waals surface area contributed by atoms with Gasteiger partial charge in [-0.2, -0.15) is 4.98 Å². The molecule has 8 bridgehead atoms. The van der Waals surface area contributed by atoms with Crippen molar-refractivity contribution < 1.29 is 4.79 Å². The number of fused-ring (bicyclic) bond motifs is 9. The Hall–Kier alpha value is -3.39. The van der Waals surface area contributed by atoms with Crippen molar-refractivity contribution in [2.45, 2.75) is 32.2 Å². The van der Waals surface area contributed by atoms with Crippen LogP contribution in [0.1, 0.15) is 30.4 Å². The number of hydrogen-bond acceptors (Lipinski definition) is 7. The van der Waals surface area contributed by atoms with Gasteiger partial charge in [-0.1, -0.05) is 12.1 Å². The second-order valence-corrected chi connectivity index (χ2v) is 8.51. The van der Waals surface area contributed by atoms with Crippen LogP contribution in [0.3, 0.4) is 0 Å². The molecular formula is C24H27N7O. The van der Waals surface area contributed by atoms with Gasteiger partial charge < -0.3 is 10.6 Å². The van der Waals surface area contributed by atoms with Gasteiger partial charge in [0.2, 0.25) is 11.9 Å². The first-order valence-electron chi connectivity index (χ1n) is 11.2. The Bertz CT molecular complexity index is 1100. The molecule has 2 aromatic heterocycles. The van der Waals surface area contributed by atoms with Crippen LogP contribution in [-0.2, 0) is 17.8 Å². The lowest BCUT2D eigenvalue weighted by molar-refractivity contribution is -0.126. The molecule has 0 aliphatic carbocycles. The Morgan fingerprint density at radius 1 is 1.06 bits per heavy atom. The average molecular weight is 430 g/mol. The maximum Gasteiger partial charge on any atom is 0.230 e. The molecule has 0 radical (unpaired) electrons. The summed E-state index contributed by atoms with van der Waals surface area (Å²) in [6, 6.07) is 10.3. The summed E-state index contributed by atoms with van der Waals surface area (Å²) in [4.78, 5) is 32.7. The first-order chi connectivity index (χ1) is 15.7. The van der Waals surface area contributed by atoms with Crippen LogP contribution in [0.4, 0.5) is 11.6 Å². The molecular weight excluding hydrogens is 402 g/mol. The number of anilines is 2. The average Bonchev–Trinajstić information content (AvgIpc) is 2.82. The Labute approximate surface area is 187 Å². The second-order valence-electron chi connectivity index (χ2n) is 8.51. The van der Waals surface area contributed by atoms with Crippen LogP contribution < -0.4 is 10.6 Å². The van der Waals surface area contributed by atoms with Crippen LogP contribution in [0.2, 0.25) is 0 Å². The van der Waals surface area contributed by atoms with E-state index in [1.54, 1.807) is 6.20 Å². The molecule has 8 heteroatoms. The standard InChI is InChI=1S/C24H27N7O/c32-23-19-6-3-9-31(15-19)14-18-4-1-7-21(11-18)29-24-28-16-27-22(30-24)20-10-17(12-25-13-20)5-2-8-26-23/h1,4,7,10-13,16,19H,2-3,5-6,8-9,14-15H2,(H,26,32)(H,27,28,29,30). The van der Waals surface area contributed by atoms with Gasteiger partial charge in [0, 0.05) is 43.3 Å². The zero-order valence-corrected chi connectivity index (χ0v) is 18.0. The Kier molecular flexibility index (Phi) is 6.02. The molecule has 2 unspecified atom stereocenters. The Balaban J connectivity index is 1.45. The minimum absolute atomic E-state index is 0.0538. The lowest BCUT2D eigenvalue weighted by atomic mass is 9.96. The third-order valence-electron chi connectivity index (χ3n) is 6.03. The smallest absolute Gasteiger partial charge is 0.230 e. The summed E-state index contributed by atoms with van der Waals surface area (Å²) < 4.78 is 0. The van der Waals surface area contributed by atoms with Gasteiger partial charge in [-0.3, -0.25) is 14.7 Å². The normalized spacial score (nSPS) is 21.3. The number of benzene rings is 1. The molecule has 8 nitrogen and oxygen atoms in total. The van der Waals surface area contributed by atoms with Crippen molar-refractivity contribution in [3.05, 3.63) is 60.2 Å². The summed E-state index contributed by atoms with van der Waals surface area (Å²) in [6.07, 6.45) is 8.84. The number of nitrogens with one attached hydrogen (secondary N) is 2. The van der Waals surface area contributed by atoms with E-state index in [0.29, 0.717) is 18.3 Å². The molecule has 1 aromatic carbocycles. The van der Waals surface area contributed by atoms with Gasteiger partial charge >= 0.3 is 0 Å². The lowest BCUT2D eigenvalue weighted by Gasteiger charge is -2.32. The zero-order valence-electron chi connectivity index (χ0n) is 18.0. The molecule has 2 N–H and O–H groups in total. The van der Waals surface area contributed by atoms with Crippen molar-refractivity contribution in [2.24, 2.45) is 5.92 Å². The molecule has 32 heavy (non-hydrogen) atoms. The molecule has 0 saturated carbocycles. The van der Waals surface area contributed by atoms with Gasteiger partial charge in [0.25, 0.3) is 0 Å². The number of aryl methyl sites for hydroxylation is 1. The molecule has 1 saturated heterocycles. The number of pyridine rings is 1. The van der Waals surface area contributed by atoms with E-state index < -0.39 is 0 Å². The molecule has 1 amide bonds. The largest absolute Gasteiger partial charge is 0.356 e. The van der Waals surface area contributed by atoms with Crippen molar-refractivity contribution in [3.8, 4) is 11.4 Å². The third kappa shape index (κ3) is 4.91. The number of amides is 1. The molecule has 3 aromatic rings. The lowest BCUT2D eigenvalue weighted by Crippen LogP contribution is -2.42. The van der Waals surface area contributed by atoms with Crippen LogP contribution in [-0.4, -0.2) is 50.4 Å². The van der Waals surface area contributed by atoms with Crippen LogP contribution in [0.5, 0.6) is 0 Å². The summed E-state index contributed by atoms with van der Waals surface area (Å²) in [5.74, 6) is 1.31. The molecule has 0 spiro atoms. The highest BCUT2D eigenvalue weighted by Crippen LogP contribution is 2.22. The molecule has 1 fully saturated rings. The van der Waals surface area contributed by atoms with Crippen molar-refractivity contribution >= 4 is 17.5 Å². The summed E-state index contributed by atoms with van der Waals surface area (Å²) in [7, 11) is 0. The minimum Gasteiger partial charge on any atom is -0.356 e. The molecule has 4 heterocycles. The molecule has 2 aliphatic rings. The van der Waals surface area contributed by atoms with Gasteiger partial charge in [-0.05, 0) is 61.6 Å². The van der Waals surface area contributed by atoms with E-state index in [9.17, 15) is 4.79 Å². The van der Waals surface area contributed by atoms with Gasteiger partial charge in [-0.15, -0.1) is 0 Å². The predicted octanol–water partition coefficient (Wildman–Crippen LogP) is 2.95. The SMILES string of the molecule is O=C1NCCCc2cncc(c2)-c2ncnc(n2)Nc2cccc(c2)CN2CCCC1C2. The van der Waals surface area contributed by atoms with Crippen molar-refractivity contribution in [1.29, 1.82) is 0 Å². The topological polar surface area (TPSA) is 95.9 Å². The Morgan fingerprint density at radius 2 is 2.03 bits per heavy atom. The van der Waals surface area contributed by atoms with Crippen LogP contribution >= 0.6 is 0 Å². The highest BCUT2D eigenvalue weighted by atomic mass is 16.1. The van der Waals surface area contributed by atoms with Crippen LogP contribution in [0, 0.1) is 5.92 Å². The maximum absolute atomic E-state index is 12.7. The zero-order chi connectivity index (χ0) is 21.8. The molecule has 164 valence electrons. The molecule has 5 rings (SSSR count). The van der Waals surface area contributed by atoms with Crippen LogP contribution in [0.15, 0.2) is 49.1 Å². The second kappa shape index (κ2) is 9.40. The van der Waals surface area contributed by atoms with Gasteiger partial charge in [-0.25, -0.2) is 9.97 Å². The number of nitrogens with zero attached hydrogens (tertiary/aromatic N) is 5. The highest BCUT2D eigenvalue weighted by Gasteiger charge is 2.25. The predicted molar refractivity (Wildman–Crippen MR) is 122 cm³/mol. The maximum atomic E-state index is 12.7. The van der Waals surface area contributed by atoms with Crippen molar-refractivity contribution in [2.75, 3.05) is 25.0 Å². The van der Waals surface area contributed by atoms with Crippen molar-refractivity contribution in [1.82, 2.24) is 30.2 Å². The number of piperidine rings is 1. The van der Waals surface area contributed by atoms with E-state index in [0.717, 1.165) is 62.1 Å². The summed E-state index contributed by atoms with van der Waals surface area (Å²) in [6.45, 7) is 3.30. The fourth-order valence-corrected chi connectivity index (χ4v) is 4.44. The molecule has 2 aliphatic heterocycles. The summed E-state index contributed by atoms with van der Waals surface area (Å²) in [5, 5.41) is 6.45. The van der Waals surface area contributed by atoms with E-state index in [1.807, 2.05) is 18.3 Å². The van der Waals surface area contributed by atoms with E-state index >= 15 is 0 Å². The van der Waals surface area contributed by atoms with Gasteiger partial charge in [0.1, 0.15) is 6.33 Å². The van der Waals surface area contributed by atoms with Crippen LogP contribution in [0.25, 0.3) is 11.4 Å². The fourth-order valence-electron chi connectivity index (χ4n) is 4.44.